The Labute approximate surface area is 155 Å². The molecule has 1 aromatic heterocycles. The Balaban J connectivity index is 0.000000260. The lowest BCUT2D eigenvalue weighted by Gasteiger charge is -2.36. The molecule has 3 fully saturated rings. The van der Waals surface area contributed by atoms with Crippen LogP contribution in [-0.2, 0) is 9.53 Å². The van der Waals surface area contributed by atoms with Gasteiger partial charge in [-0.3, -0.25) is 4.90 Å². The van der Waals surface area contributed by atoms with Crippen LogP contribution in [0.15, 0.2) is 24.4 Å². The maximum Gasteiger partial charge on any atom is 0.490 e. The summed E-state index contributed by atoms with van der Waals surface area (Å²) >= 11 is 0. The van der Waals surface area contributed by atoms with E-state index < -0.39 is 12.1 Å². The van der Waals surface area contributed by atoms with Gasteiger partial charge in [0.15, 0.2) is 0 Å². The van der Waals surface area contributed by atoms with Gasteiger partial charge in [0.05, 0.1) is 19.8 Å². The van der Waals surface area contributed by atoms with Gasteiger partial charge in [0.2, 0.25) is 5.88 Å². The van der Waals surface area contributed by atoms with Crippen LogP contribution in [0.5, 0.6) is 5.88 Å². The number of aliphatic carboxylic acids is 1. The maximum atomic E-state index is 10.6. The monoisotopic (exact) mass is 388 g/mol. The van der Waals surface area contributed by atoms with E-state index in [1.54, 1.807) is 6.20 Å². The molecule has 1 N–H and O–H groups in total. The zero-order valence-corrected chi connectivity index (χ0v) is 14.8. The van der Waals surface area contributed by atoms with Crippen LogP contribution >= 0.6 is 0 Å². The largest absolute Gasteiger partial charge is 0.490 e. The Hall–Kier alpha value is -1.87. The van der Waals surface area contributed by atoms with Gasteiger partial charge in [-0.2, -0.15) is 13.2 Å². The number of ether oxygens (including phenoxy) is 2. The van der Waals surface area contributed by atoms with Crippen molar-refractivity contribution in [3.63, 3.8) is 0 Å². The van der Waals surface area contributed by atoms with Gasteiger partial charge < -0.3 is 14.6 Å². The molecular formula is C18H23F3N2O4. The van der Waals surface area contributed by atoms with E-state index in [1.807, 2.05) is 18.2 Å². The highest BCUT2D eigenvalue weighted by Gasteiger charge is 2.53. The summed E-state index contributed by atoms with van der Waals surface area (Å²) in [6.45, 7) is 4.80. The van der Waals surface area contributed by atoms with Gasteiger partial charge >= 0.3 is 12.1 Å². The molecule has 9 heteroatoms. The van der Waals surface area contributed by atoms with Crippen LogP contribution < -0.4 is 4.74 Å². The summed E-state index contributed by atoms with van der Waals surface area (Å²) in [5.74, 6) is -1.39. The number of halogens is 3. The number of pyridine rings is 1. The molecule has 150 valence electrons. The van der Waals surface area contributed by atoms with Gasteiger partial charge in [-0.25, -0.2) is 9.78 Å². The zero-order valence-electron chi connectivity index (χ0n) is 14.8. The quantitative estimate of drug-likeness (QED) is 0.855. The third kappa shape index (κ3) is 4.70. The number of carboxylic acid groups (broad SMARTS) is 1. The zero-order chi connectivity index (χ0) is 19.5. The Morgan fingerprint density at radius 1 is 1.41 bits per heavy atom. The predicted molar refractivity (Wildman–Crippen MR) is 89.4 cm³/mol. The molecule has 3 heterocycles. The number of carbonyl (C=O) groups is 1. The Kier molecular flexibility index (Phi) is 5.90. The molecule has 27 heavy (non-hydrogen) atoms. The molecule has 1 aromatic rings. The fourth-order valence-electron chi connectivity index (χ4n) is 3.76. The minimum atomic E-state index is -5.08. The third-order valence-corrected chi connectivity index (χ3v) is 5.53. The predicted octanol–water partition coefficient (Wildman–Crippen LogP) is 2.59. The molecular weight excluding hydrogens is 365 g/mol. The van der Waals surface area contributed by atoms with Gasteiger partial charge in [0, 0.05) is 42.7 Å². The summed E-state index contributed by atoms with van der Waals surface area (Å²) in [5, 5.41) is 7.12. The van der Waals surface area contributed by atoms with Crippen molar-refractivity contribution < 1.29 is 32.5 Å². The molecule has 6 nitrogen and oxygen atoms in total. The van der Waals surface area contributed by atoms with Crippen molar-refractivity contribution >= 4 is 5.97 Å². The van der Waals surface area contributed by atoms with Crippen molar-refractivity contribution in [2.24, 2.45) is 11.3 Å². The molecule has 1 aliphatic carbocycles. The van der Waals surface area contributed by atoms with Crippen molar-refractivity contribution in [3.05, 3.63) is 24.4 Å². The Bertz CT molecular complexity index is 639. The maximum absolute atomic E-state index is 10.6. The van der Waals surface area contributed by atoms with E-state index in [0.717, 1.165) is 38.3 Å². The van der Waals surface area contributed by atoms with Crippen molar-refractivity contribution in [3.8, 4) is 5.88 Å². The highest BCUT2D eigenvalue weighted by atomic mass is 19.4. The van der Waals surface area contributed by atoms with E-state index in [0.29, 0.717) is 5.92 Å². The van der Waals surface area contributed by atoms with Gasteiger partial charge in [0.1, 0.15) is 0 Å². The van der Waals surface area contributed by atoms with Crippen LogP contribution in [0.3, 0.4) is 0 Å². The summed E-state index contributed by atoms with van der Waals surface area (Å²) in [7, 11) is 0. The number of alkyl halides is 3. The molecule has 0 amide bonds. The molecule has 0 radical (unpaired) electrons. The lowest BCUT2D eigenvalue weighted by molar-refractivity contribution is -0.192. The molecule has 2 atom stereocenters. The summed E-state index contributed by atoms with van der Waals surface area (Å²) in [5.41, 5.74) is 0.188. The van der Waals surface area contributed by atoms with Gasteiger partial charge in [-0.1, -0.05) is 12.5 Å². The Morgan fingerprint density at radius 2 is 2.15 bits per heavy atom. The molecule has 2 aliphatic heterocycles. The highest BCUT2D eigenvalue weighted by molar-refractivity contribution is 5.73. The number of carboxylic acids is 1. The number of likely N-dealkylation sites (tertiary alicyclic amines) is 1. The van der Waals surface area contributed by atoms with E-state index in [1.165, 1.54) is 25.8 Å². The van der Waals surface area contributed by atoms with Crippen LogP contribution in [-0.4, -0.2) is 66.1 Å². The minimum Gasteiger partial charge on any atom is -0.477 e. The fraction of sp³-hybridized carbons (Fsp3) is 0.667. The van der Waals surface area contributed by atoms with E-state index >= 15 is 0 Å². The first kappa shape index (κ1) is 19.9. The van der Waals surface area contributed by atoms with Crippen molar-refractivity contribution in [1.82, 2.24) is 9.88 Å². The van der Waals surface area contributed by atoms with Crippen LogP contribution in [0.2, 0.25) is 0 Å². The normalized spacial score (nSPS) is 28.0. The molecule has 0 spiro atoms. The number of nitrogens with zero attached hydrogens (tertiary/aromatic N) is 2. The lowest BCUT2D eigenvalue weighted by atomic mass is 9.82. The first-order chi connectivity index (χ1) is 12.8. The van der Waals surface area contributed by atoms with E-state index in [4.69, 9.17) is 19.4 Å². The molecule has 0 bridgehead atoms. The summed E-state index contributed by atoms with van der Waals surface area (Å²) in [6.07, 6.45) is 0.861. The van der Waals surface area contributed by atoms with Gasteiger partial charge in [-0.15, -0.1) is 0 Å². The topological polar surface area (TPSA) is 71.9 Å². The van der Waals surface area contributed by atoms with Crippen molar-refractivity contribution in [1.29, 1.82) is 0 Å². The van der Waals surface area contributed by atoms with Crippen LogP contribution in [0.1, 0.15) is 19.3 Å². The van der Waals surface area contributed by atoms with E-state index in [2.05, 4.69) is 9.88 Å². The number of hydrogen-bond acceptors (Lipinski definition) is 5. The number of hydrogen-bond donors (Lipinski definition) is 1. The molecule has 0 aromatic carbocycles. The van der Waals surface area contributed by atoms with Crippen LogP contribution in [0.25, 0.3) is 0 Å². The number of fused-ring (bicyclic) bond motifs is 1. The second kappa shape index (κ2) is 8.02. The van der Waals surface area contributed by atoms with Crippen LogP contribution in [0.4, 0.5) is 13.2 Å². The third-order valence-electron chi connectivity index (χ3n) is 5.53. The summed E-state index contributed by atoms with van der Waals surface area (Å²) < 4.78 is 43.4. The van der Waals surface area contributed by atoms with Crippen molar-refractivity contribution in [2.75, 3.05) is 32.9 Å². The minimum absolute atomic E-state index is 0.188. The summed E-state index contributed by atoms with van der Waals surface area (Å²) in [6, 6.07) is 6.64. The first-order valence-corrected chi connectivity index (χ1v) is 8.96. The first-order valence-electron chi connectivity index (χ1n) is 8.96. The highest BCUT2D eigenvalue weighted by Crippen LogP contribution is 2.44. The smallest absolute Gasteiger partial charge is 0.477 e. The average Bonchev–Trinajstić information content (AvgIpc) is 3.09. The summed E-state index contributed by atoms with van der Waals surface area (Å²) in [4.78, 5) is 15.8. The van der Waals surface area contributed by atoms with E-state index in [9.17, 15) is 13.2 Å². The second-order valence-electron chi connectivity index (χ2n) is 7.35. The molecule has 2 saturated heterocycles. The fourth-order valence-corrected chi connectivity index (χ4v) is 3.76. The Morgan fingerprint density at radius 3 is 2.70 bits per heavy atom. The van der Waals surface area contributed by atoms with Gasteiger partial charge in [0.25, 0.3) is 0 Å². The number of aromatic nitrogens is 1. The molecule has 4 rings (SSSR count). The van der Waals surface area contributed by atoms with E-state index in [-0.39, 0.29) is 5.41 Å². The van der Waals surface area contributed by atoms with Crippen molar-refractivity contribution in [2.45, 2.75) is 31.5 Å². The van der Waals surface area contributed by atoms with Crippen LogP contribution in [0, 0.1) is 11.3 Å². The number of rotatable bonds is 4. The molecule has 3 aliphatic rings. The SMILES string of the molecule is O=C(O)C(F)(F)F.c1ccc(OC[C@]23COC[C@H]2CN(C2CCC2)C3)nc1. The van der Waals surface area contributed by atoms with Gasteiger partial charge in [-0.05, 0) is 18.9 Å². The standard InChI is InChI=1S/C16H22N2O2.C2HF3O2/c1-2-7-17-15(6-1)20-12-16-10-18(14-4-3-5-14)8-13(16)9-19-11-16;3-2(4,5)1(6)7/h1-2,6-7,13-14H,3-5,8-12H2;(H,6,7)/t13-,16+;/m1./s1. The second-order valence-corrected chi connectivity index (χ2v) is 7.35. The molecule has 0 unspecified atom stereocenters. The molecule has 1 saturated carbocycles. The lowest BCUT2D eigenvalue weighted by Crippen LogP contribution is -2.42. The average molecular weight is 388 g/mol.